The minimum absolute atomic E-state index is 0.0564. The van der Waals surface area contributed by atoms with Crippen molar-refractivity contribution in [3.8, 4) is 11.5 Å². The van der Waals surface area contributed by atoms with Crippen molar-refractivity contribution in [2.75, 3.05) is 26.7 Å². The van der Waals surface area contributed by atoms with Crippen LogP contribution < -0.4 is 15.8 Å². The molecule has 26 heavy (non-hydrogen) atoms. The molecule has 0 bridgehead atoms. The second-order valence-corrected chi connectivity index (χ2v) is 6.48. The van der Waals surface area contributed by atoms with Gasteiger partial charge >= 0.3 is 0 Å². The lowest BCUT2D eigenvalue weighted by molar-refractivity contribution is 0.0787. The molecule has 2 aromatic carbocycles. The maximum atomic E-state index is 12.6. The maximum absolute atomic E-state index is 12.6. The van der Waals surface area contributed by atoms with Crippen LogP contribution in [0.5, 0.6) is 11.5 Å². The molecule has 1 aliphatic rings. The van der Waals surface area contributed by atoms with Gasteiger partial charge in [-0.2, -0.15) is 0 Å². The standard InChI is InChI=1S/C20H23N3O3/c1-22-12-14-10-11-23(13-14)20(25)16-4-8-18(9-5-16)26-17-6-2-15(3-7-17)19(21)24/h2-9,14,22H,10-13H2,1H3,(H2,21,24)/t14-/m0/s1. The van der Waals surface area contributed by atoms with E-state index in [4.69, 9.17) is 10.5 Å². The van der Waals surface area contributed by atoms with Gasteiger partial charge in [0.2, 0.25) is 5.91 Å². The maximum Gasteiger partial charge on any atom is 0.253 e. The molecule has 0 unspecified atom stereocenters. The summed E-state index contributed by atoms with van der Waals surface area (Å²) in [5, 5.41) is 3.17. The normalized spacial score (nSPS) is 16.5. The van der Waals surface area contributed by atoms with Gasteiger partial charge in [-0.05, 0) is 74.5 Å². The Labute approximate surface area is 152 Å². The Hall–Kier alpha value is -2.86. The minimum atomic E-state index is -0.474. The van der Waals surface area contributed by atoms with Gasteiger partial charge in [0.25, 0.3) is 5.91 Å². The van der Waals surface area contributed by atoms with E-state index in [0.717, 1.165) is 26.1 Å². The topological polar surface area (TPSA) is 84.7 Å². The average Bonchev–Trinajstić information content (AvgIpc) is 3.11. The fraction of sp³-hybridized carbons (Fsp3) is 0.300. The highest BCUT2D eigenvalue weighted by Crippen LogP contribution is 2.23. The second-order valence-electron chi connectivity index (χ2n) is 6.48. The van der Waals surface area contributed by atoms with Crippen molar-refractivity contribution in [1.29, 1.82) is 0 Å². The predicted octanol–water partition coefficient (Wildman–Crippen LogP) is 2.26. The van der Waals surface area contributed by atoms with Crippen molar-refractivity contribution in [2.24, 2.45) is 11.7 Å². The highest BCUT2D eigenvalue weighted by atomic mass is 16.5. The zero-order chi connectivity index (χ0) is 18.5. The van der Waals surface area contributed by atoms with E-state index >= 15 is 0 Å². The lowest BCUT2D eigenvalue weighted by atomic mass is 10.1. The quantitative estimate of drug-likeness (QED) is 0.834. The number of benzene rings is 2. The summed E-state index contributed by atoms with van der Waals surface area (Å²) in [4.78, 5) is 25.6. The highest BCUT2D eigenvalue weighted by molar-refractivity contribution is 5.94. The van der Waals surface area contributed by atoms with Crippen LogP contribution in [-0.4, -0.2) is 43.4 Å². The van der Waals surface area contributed by atoms with Crippen LogP contribution in [0.1, 0.15) is 27.1 Å². The lowest BCUT2D eigenvalue weighted by Crippen LogP contribution is -2.30. The molecule has 0 aliphatic carbocycles. The van der Waals surface area contributed by atoms with Crippen LogP contribution in [0.15, 0.2) is 48.5 Å². The van der Waals surface area contributed by atoms with Crippen LogP contribution in [0.25, 0.3) is 0 Å². The second kappa shape index (κ2) is 8.01. The van der Waals surface area contributed by atoms with Crippen LogP contribution in [0.3, 0.4) is 0 Å². The molecule has 0 saturated carbocycles. The van der Waals surface area contributed by atoms with Crippen LogP contribution in [0, 0.1) is 5.92 Å². The number of rotatable bonds is 6. The van der Waals surface area contributed by atoms with Crippen LogP contribution in [0.2, 0.25) is 0 Å². The summed E-state index contributed by atoms with van der Waals surface area (Å²) < 4.78 is 5.74. The van der Waals surface area contributed by atoms with Crippen LogP contribution in [0.4, 0.5) is 0 Å². The first-order valence-corrected chi connectivity index (χ1v) is 8.68. The van der Waals surface area contributed by atoms with E-state index in [-0.39, 0.29) is 5.91 Å². The Morgan fingerprint density at radius 3 is 2.19 bits per heavy atom. The summed E-state index contributed by atoms with van der Waals surface area (Å²) >= 11 is 0. The van der Waals surface area contributed by atoms with E-state index in [9.17, 15) is 9.59 Å². The molecule has 1 heterocycles. The van der Waals surface area contributed by atoms with Crippen molar-refractivity contribution >= 4 is 11.8 Å². The molecule has 6 heteroatoms. The lowest BCUT2D eigenvalue weighted by Gasteiger charge is -2.17. The molecule has 1 aliphatic heterocycles. The van der Waals surface area contributed by atoms with E-state index in [1.54, 1.807) is 48.5 Å². The molecule has 1 fully saturated rings. The summed E-state index contributed by atoms with van der Waals surface area (Å²) in [7, 11) is 1.94. The number of likely N-dealkylation sites (tertiary alicyclic amines) is 1. The number of hydrogen-bond acceptors (Lipinski definition) is 4. The predicted molar refractivity (Wildman–Crippen MR) is 99.4 cm³/mol. The third-order valence-electron chi connectivity index (χ3n) is 4.54. The van der Waals surface area contributed by atoms with Gasteiger partial charge in [0.1, 0.15) is 11.5 Å². The van der Waals surface area contributed by atoms with Crippen LogP contribution in [-0.2, 0) is 0 Å². The first-order chi connectivity index (χ1) is 12.6. The van der Waals surface area contributed by atoms with Gasteiger partial charge in [0.05, 0.1) is 0 Å². The van der Waals surface area contributed by atoms with Crippen molar-refractivity contribution in [3.05, 3.63) is 59.7 Å². The van der Waals surface area contributed by atoms with E-state index in [0.29, 0.717) is 28.5 Å². The molecular formula is C20H23N3O3. The van der Waals surface area contributed by atoms with Crippen molar-refractivity contribution < 1.29 is 14.3 Å². The van der Waals surface area contributed by atoms with Gasteiger partial charge < -0.3 is 20.7 Å². The number of ether oxygens (including phenoxy) is 1. The Balaban J connectivity index is 1.61. The Morgan fingerprint density at radius 1 is 1.08 bits per heavy atom. The molecule has 2 amide bonds. The molecule has 0 spiro atoms. The third-order valence-corrected chi connectivity index (χ3v) is 4.54. The van der Waals surface area contributed by atoms with Crippen molar-refractivity contribution in [1.82, 2.24) is 10.2 Å². The Kier molecular flexibility index (Phi) is 5.53. The number of primary amides is 1. The summed E-state index contributed by atoms with van der Waals surface area (Å²) in [5.41, 5.74) is 6.31. The number of nitrogens with two attached hydrogens (primary N) is 1. The third kappa shape index (κ3) is 4.21. The molecule has 1 saturated heterocycles. The average molecular weight is 353 g/mol. The molecule has 6 nitrogen and oxygen atoms in total. The number of hydrogen-bond donors (Lipinski definition) is 2. The summed E-state index contributed by atoms with van der Waals surface area (Å²) in [6, 6.07) is 13.7. The number of amides is 2. The molecule has 2 aromatic rings. The molecule has 3 N–H and O–H groups in total. The molecule has 1 atom stereocenters. The van der Waals surface area contributed by atoms with E-state index in [2.05, 4.69) is 5.32 Å². The minimum Gasteiger partial charge on any atom is -0.457 e. The molecule has 0 radical (unpaired) electrons. The zero-order valence-electron chi connectivity index (χ0n) is 14.8. The van der Waals surface area contributed by atoms with E-state index in [1.165, 1.54) is 0 Å². The number of nitrogens with zero attached hydrogens (tertiary/aromatic N) is 1. The van der Waals surface area contributed by atoms with Gasteiger partial charge in [-0.25, -0.2) is 0 Å². The van der Waals surface area contributed by atoms with Crippen molar-refractivity contribution in [3.63, 3.8) is 0 Å². The number of nitrogens with one attached hydrogen (secondary N) is 1. The number of carbonyl (C=O) groups excluding carboxylic acids is 2. The highest BCUT2D eigenvalue weighted by Gasteiger charge is 2.26. The van der Waals surface area contributed by atoms with Gasteiger partial charge in [-0.15, -0.1) is 0 Å². The fourth-order valence-corrected chi connectivity index (χ4v) is 3.14. The SMILES string of the molecule is CNC[C@@H]1CCN(C(=O)c2ccc(Oc3ccc(C(N)=O)cc3)cc2)C1. The Bertz CT molecular complexity index is 772. The van der Waals surface area contributed by atoms with Crippen LogP contribution >= 0.6 is 0 Å². The van der Waals surface area contributed by atoms with E-state index < -0.39 is 5.91 Å². The summed E-state index contributed by atoms with van der Waals surface area (Å²) in [5.74, 6) is 1.33. The Morgan fingerprint density at radius 2 is 1.65 bits per heavy atom. The summed E-state index contributed by atoms with van der Waals surface area (Å²) in [6.07, 6.45) is 1.04. The first kappa shape index (κ1) is 17.9. The smallest absolute Gasteiger partial charge is 0.253 e. The van der Waals surface area contributed by atoms with Gasteiger partial charge in [0.15, 0.2) is 0 Å². The molecular weight excluding hydrogens is 330 g/mol. The fourth-order valence-electron chi connectivity index (χ4n) is 3.14. The molecule has 136 valence electrons. The van der Waals surface area contributed by atoms with Crippen molar-refractivity contribution in [2.45, 2.75) is 6.42 Å². The monoisotopic (exact) mass is 353 g/mol. The molecule has 3 rings (SSSR count). The number of carbonyl (C=O) groups is 2. The van der Waals surface area contributed by atoms with E-state index in [1.807, 2.05) is 11.9 Å². The molecule has 0 aromatic heterocycles. The van der Waals surface area contributed by atoms with Gasteiger partial charge in [-0.3, -0.25) is 9.59 Å². The van der Waals surface area contributed by atoms with Gasteiger partial charge in [-0.1, -0.05) is 0 Å². The largest absolute Gasteiger partial charge is 0.457 e. The summed E-state index contributed by atoms with van der Waals surface area (Å²) in [6.45, 7) is 2.53. The van der Waals surface area contributed by atoms with Gasteiger partial charge in [0, 0.05) is 24.2 Å². The first-order valence-electron chi connectivity index (χ1n) is 8.68. The zero-order valence-corrected chi connectivity index (χ0v) is 14.8.